The Morgan fingerprint density at radius 3 is 2.57 bits per heavy atom. The lowest BCUT2D eigenvalue weighted by atomic mass is 9.92. The molecule has 3 N–H and O–H groups in total. The number of hydrogen-bond acceptors (Lipinski definition) is 4. The molecule has 0 atom stereocenters. The van der Waals surface area contributed by atoms with Gasteiger partial charge in [-0.3, -0.25) is 4.79 Å². The highest BCUT2D eigenvalue weighted by Crippen LogP contribution is 2.15. The topological polar surface area (TPSA) is 78.4 Å². The molecule has 1 amide bonds. The second kappa shape index (κ2) is 10.8. The first-order valence-corrected chi connectivity index (χ1v) is 8.42. The average Bonchev–Trinajstić information content (AvgIpc) is 2.97. The largest absolute Gasteiger partial charge is 0.359 e. The summed E-state index contributed by atoms with van der Waals surface area (Å²) in [5.41, 5.74) is -0.499. The van der Waals surface area contributed by atoms with Crippen molar-refractivity contribution in [3.8, 4) is 0 Å². The number of amides is 1. The molecule has 0 aliphatic rings. The van der Waals surface area contributed by atoms with Gasteiger partial charge in [0, 0.05) is 31.2 Å². The molecule has 132 valence electrons. The fraction of sp³-hybridized carbons (Fsp3) is 0.667. The van der Waals surface area contributed by atoms with Gasteiger partial charge < -0.3 is 16.0 Å². The third-order valence-electron chi connectivity index (χ3n) is 3.21. The second-order valence-electron chi connectivity index (χ2n) is 5.59. The van der Waals surface area contributed by atoms with E-state index in [1.165, 1.54) is 4.88 Å². The quantitative estimate of drug-likeness (QED) is 0.336. The summed E-state index contributed by atoms with van der Waals surface area (Å²) in [7, 11) is 1.65. The van der Waals surface area contributed by atoms with Gasteiger partial charge in [0.1, 0.15) is 5.01 Å². The summed E-state index contributed by atoms with van der Waals surface area (Å²) in [5.74, 6) is 0.705. The van der Waals surface area contributed by atoms with Crippen LogP contribution in [0.4, 0.5) is 0 Å². The van der Waals surface area contributed by atoms with Crippen molar-refractivity contribution in [1.29, 1.82) is 0 Å². The van der Waals surface area contributed by atoms with Crippen molar-refractivity contribution >= 4 is 47.2 Å². The minimum absolute atomic E-state index is 0. The molecule has 6 nitrogen and oxygen atoms in total. The van der Waals surface area contributed by atoms with Crippen molar-refractivity contribution in [2.75, 3.05) is 20.1 Å². The van der Waals surface area contributed by atoms with Crippen molar-refractivity contribution in [1.82, 2.24) is 20.9 Å². The number of thiazole rings is 1. The van der Waals surface area contributed by atoms with Crippen molar-refractivity contribution in [3.63, 3.8) is 0 Å². The zero-order chi connectivity index (χ0) is 16.6. The normalized spacial score (nSPS) is 11.6. The Hall–Kier alpha value is -0.900. The fourth-order valence-electron chi connectivity index (χ4n) is 1.80. The molecule has 0 aliphatic carbocycles. The third kappa shape index (κ3) is 7.47. The number of guanidine groups is 1. The van der Waals surface area contributed by atoms with Crippen LogP contribution < -0.4 is 16.0 Å². The van der Waals surface area contributed by atoms with Crippen LogP contribution >= 0.6 is 35.3 Å². The van der Waals surface area contributed by atoms with E-state index in [0.717, 1.165) is 18.0 Å². The molecular formula is C15H28IN5OS. The highest BCUT2D eigenvalue weighted by atomic mass is 127. The van der Waals surface area contributed by atoms with E-state index in [9.17, 15) is 4.79 Å². The van der Waals surface area contributed by atoms with E-state index in [-0.39, 0.29) is 29.9 Å². The second-order valence-corrected chi connectivity index (χ2v) is 6.79. The summed E-state index contributed by atoms with van der Waals surface area (Å²) in [6.07, 6.45) is 2.91. The first kappa shape index (κ1) is 22.1. The summed E-state index contributed by atoms with van der Waals surface area (Å²) < 4.78 is 0. The average molecular weight is 453 g/mol. The molecule has 0 radical (unpaired) electrons. The zero-order valence-electron chi connectivity index (χ0n) is 14.5. The molecule has 0 unspecified atom stereocenters. The number of carbonyl (C=O) groups is 1. The van der Waals surface area contributed by atoms with Crippen molar-refractivity contribution < 1.29 is 4.79 Å². The molecule has 0 saturated heterocycles. The monoisotopic (exact) mass is 453 g/mol. The summed E-state index contributed by atoms with van der Waals surface area (Å²) in [6.45, 7) is 9.75. The Morgan fingerprint density at radius 1 is 1.35 bits per heavy atom. The predicted molar refractivity (Wildman–Crippen MR) is 108 cm³/mol. The lowest BCUT2D eigenvalue weighted by Gasteiger charge is -2.24. The number of aromatic nitrogens is 1. The Labute approximate surface area is 160 Å². The van der Waals surface area contributed by atoms with E-state index >= 15 is 0 Å². The van der Waals surface area contributed by atoms with E-state index in [4.69, 9.17) is 0 Å². The van der Waals surface area contributed by atoms with Gasteiger partial charge in [0.25, 0.3) is 0 Å². The minimum Gasteiger partial charge on any atom is -0.359 e. The van der Waals surface area contributed by atoms with E-state index < -0.39 is 5.41 Å². The number of nitrogens with one attached hydrogen (secondary N) is 3. The lowest BCUT2D eigenvalue weighted by molar-refractivity contribution is -0.128. The van der Waals surface area contributed by atoms with Crippen LogP contribution in [-0.4, -0.2) is 37.0 Å². The van der Waals surface area contributed by atoms with Gasteiger partial charge in [-0.15, -0.1) is 35.3 Å². The van der Waals surface area contributed by atoms with Crippen molar-refractivity contribution in [2.45, 2.75) is 40.7 Å². The van der Waals surface area contributed by atoms with Gasteiger partial charge in [-0.1, -0.05) is 6.92 Å². The van der Waals surface area contributed by atoms with Gasteiger partial charge in [-0.05, 0) is 27.2 Å². The highest BCUT2D eigenvalue weighted by Gasteiger charge is 2.26. The Morgan fingerprint density at radius 2 is 2.04 bits per heavy atom. The van der Waals surface area contributed by atoms with Crippen molar-refractivity contribution in [2.24, 2.45) is 10.4 Å². The Kier molecular flexibility index (Phi) is 10.4. The van der Waals surface area contributed by atoms with Crippen LogP contribution in [0.3, 0.4) is 0 Å². The summed E-state index contributed by atoms with van der Waals surface area (Å²) in [5, 5.41) is 10.1. The third-order valence-corrected chi connectivity index (χ3v) is 4.33. The number of halogens is 1. The van der Waals surface area contributed by atoms with Gasteiger partial charge in [0.2, 0.25) is 5.91 Å². The Balaban J connectivity index is 0.00000484. The molecule has 0 saturated carbocycles. The van der Waals surface area contributed by atoms with Crippen LogP contribution in [0.2, 0.25) is 0 Å². The maximum absolute atomic E-state index is 11.8. The molecule has 1 rings (SSSR count). The Bertz CT molecular complexity index is 516. The van der Waals surface area contributed by atoms with Crippen LogP contribution in [0.25, 0.3) is 0 Å². The first-order valence-electron chi connectivity index (χ1n) is 7.60. The molecular weight excluding hydrogens is 425 g/mol. The minimum atomic E-state index is -0.499. The summed E-state index contributed by atoms with van der Waals surface area (Å²) in [6, 6.07) is 0. The van der Waals surface area contributed by atoms with E-state index in [0.29, 0.717) is 19.0 Å². The SMILES string of the molecule is CCNC(=NCc1ncc(CC)s1)NCC(C)(C)C(=O)NC.I. The number of nitrogens with zero attached hydrogens (tertiary/aromatic N) is 2. The summed E-state index contributed by atoms with van der Waals surface area (Å²) in [4.78, 5) is 22.0. The molecule has 0 spiro atoms. The number of carbonyl (C=O) groups excluding carboxylic acids is 1. The number of aryl methyl sites for hydroxylation is 1. The standard InChI is InChI=1S/C15H27N5OS.HI/c1-6-11-8-18-12(22-11)9-19-14(17-7-2)20-10-15(3,4)13(21)16-5;/h8H,6-7,9-10H2,1-5H3,(H,16,21)(H2,17,19,20);1H. The molecule has 1 heterocycles. The molecule has 0 aliphatic heterocycles. The van der Waals surface area contributed by atoms with Crippen LogP contribution in [0.1, 0.15) is 37.6 Å². The molecule has 1 aromatic rings. The molecule has 0 fully saturated rings. The van der Waals surface area contributed by atoms with Gasteiger partial charge in [-0.25, -0.2) is 9.98 Å². The van der Waals surface area contributed by atoms with Crippen LogP contribution in [0, 0.1) is 5.41 Å². The van der Waals surface area contributed by atoms with Crippen molar-refractivity contribution in [3.05, 3.63) is 16.1 Å². The molecule has 1 aromatic heterocycles. The highest BCUT2D eigenvalue weighted by molar-refractivity contribution is 14.0. The van der Waals surface area contributed by atoms with E-state index in [1.54, 1.807) is 18.4 Å². The van der Waals surface area contributed by atoms with Crippen LogP contribution in [0.15, 0.2) is 11.2 Å². The zero-order valence-corrected chi connectivity index (χ0v) is 17.7. The smallest absolute Gasteiger partial charge is 0.227 e. The van der Waals surface area contributed by atoms with E-state index in [2.05, 4.69) is 32.9 Å². The van der Waals surface area contributed by atoms with E-state index in [1.807, 2.05) is 27.0 Å². The number of hydrogen-bond donors (Lipinski definition) is 3. The van der Waals surface area contributed by atoms with Gasteiger partial charge in [-0.2, -0.15) is 0 Å². The predicted octanol–water partition coefficient (Wildman–Crippen LogP) is 2.15. The molecule has 23 heavy (non-hydrogen) atoms. The number of aliphatic imine (C=N–C) groups is 1. The van der Waals surface area contributed by atoms with Gasteiger partial charge in [0.15, 0.2) is 5.96 Å². The molecule has 8 heteroatoms. The summed E-state index contributed by atoms with van der Waals surface area (Å²) >= 11 is 1.69. The van der Waals surface area contributed by atoms with Crippen LogP contribution in [-0.2, 0) is 17.8 Å². The maximum Gasteiger partial charge on any atom is 0.227 e. The van der Waals surface area contributed by atoms with Gasteiger partial charge in [0.05, 0.1) is 12.0 Å². The van der Waals surface area contributed by atoms with Crippen LogP contribution in [0.5, 0.6) is 0 Å². The number of rotatable bonds is 7. The fourth-order valence-corrected chi connectivity index (χ4v) is 2.58. The maximum atomic E-state index is 11.8. The van der Waals surface area contributed by atoms with Gasteiger partial charge >= 0.3 is 0 Å². The molecule has 0 bridgehead atoms. The lowest BCUT2D eigenvalue weighted by Crippen LogP contribution is -2.47. The molecule has 0 aromatic carbocycles. The first-order chi connectivity index (χ1) is 10.4.